The van der Waals surface area contributed by atoms with E-state index >= 15 is 0 Å². The molecule has 0 radical (unpaired) electrons. The topological polar surface area (TPSA) is 71.5 Å². The second-order valence-electron chi connectivity index (χ2n) is 5.54. The van der Waals surface area contributed by atoms with Gasteiger partial charge in [-0.25, -0.2) is 0 Å². The van der Waals surface area contributed by atoms with Crippen LogP contribution in [0.1, 0.15) is 31.1 Å². The summed E-state index contributed by atoms with van der Waals surface area (Å²) < 4.78 is 5.42. The van der Waals surface area contributed by atoms with Gasteiger partial charge in [0.15, 0.2) is 0 Å². The molecule has 1 aromatic heterocycles. The summed E-state index contributed by atoms with van der Waals surface area (Å²) in [6, 6.07) is 3.84. The quantitative estimate of drug-likeness (QED) is 0.809. The molecule has 1 aliphatic carbocycles. The molecule has 19 heavy (non-hydrogen) atoms. The molecule has 1 aromatic rings. The molecule has 1 aliphatic rings. The molecule has 1 amide bonds. The van der Waals surface area contributed by atoms with E-state index in [0.717, 1.165) is 25.0 Å². The van der Waals surface area contributed by atoms with Gasteiger partial charge in [-0.2, -0.15) is 0 Å². The van der Waals surface area contributed by atoms with Gasteiger partial charge in [0.25, 0.3) is 0 Å². The Hall–Kier alpha value is -1.33. The summed E-state index contributed by atoms with van der Waals surface area (Å²) in [5.41, 5.74) is 5.42. The number of rotatable bonds is 6. The van der Waals surface area contributed by atoms with Gasteiger partial charge in [0.2, 0.25) is 5.91 Å². The first-order valence-electron chi connectivity index (χ1n) is 6.77. The zero-order valence-corrected chi connectivity index (χ0v) is 11.7. The molecule has 2 rings (SSSR count). The van der Waals surface area contributed by atoms with E-state index in [9.17, 15) is 4.79 Å². The van der Waals surface area contributed by atoms with Crippen molar-refractivity contribution in [1.82, 2.24) is 10.2 Å². The molecule has 1 heterocycles. The van der Waals surface area contributed by atoms with Crippen LogP contribution in [0.25, 0.3) is 0 Å². The Kier molecular flexibility index (Phi) is 4.27. The minimum absolute atomic E-state index is 0.0499. The molecule has 1 saturated carbocycles. The predicted molar refractivity (Wildman–Crippen MR) is 73.5 cm³/mol. The first-order chi connectivity index (χ1) is 9.09. The number of nitrogens with one attached hydrogen (secondary N) is 1. The van der Waals surface area contributed by atoms with E-state index in [-0.39, 0.29) is 17.4 Å². The molecule has 0 aliphatic heterocycles. The minimum Gasteiger partial charge on any atom is -0.468 e. The highest BCUT2D eigenvalue weighted by molar-refractivity contribution is 5.83. The van der Waals surface area contributed by atoms with Crippen LogP contribution in [0.15, 0.2) is 22.8 Å². The normalized spacial score (nSPS) is 18.9. The standard InChI is InChI=1S/C14H23N3O2/c1-17(2)11(12-5-3-8-19-12)9-16-13(18)14(10-15)6-4-7-14/h3,5,8,11H,4,6-7,9-10,15H2,1-2H3,(H,16,18). The lowest BCUT2D eigenvalue weighted by molar-refractivity contribution is -0.135. The molecule has 0 aromatic carbocycles. The van der Waals surface area contributed by atoms with Gasteiger partial charge in [-0.3, -0.25) is 9.69 Å². The van der Waals surface area contributed by atoms with Crippen LogP contribution in [0.5, 0.6) is 0 Å². The SMILES string of the molecule is CN(C)C(CNC(=O)C1(CN)CCC1)c1ccco1. The monoisotopic (exact) mass is 265 g/mol. The summed E-state index contributed by atoms with van der Waals surface area (Å²) in [6.07, 6.45) is 4.56. The molecule has 3 N–H and O–H groups in total. The number of amides is 1. The van der Waals surface area contributed by atoms with Gasteiger partial charge < -0.3 is 15.5 Å². The van der Waals surface area contributed by atoms with Gasteiger partial charge in [-0.1, -0.05) is 6.42 Å². The fraction of sp³-hybridized carbons (Fsp3) is 0.643. The Morgan fingerprint density at radius 3 is 2.74 bits per heavy atom. The van der Waals surface area contributed by atoms with Crippen molar-refractivity contribution >= 4 is 5.91 Å². The third-order valence-electron chi connectivity index (χ3n) is 4.13. The molecule has 1 unspecified atom stereocenters. The molecular formula is C14H23N3O2. The third kappa shape index (κ3) is 2.82. The highest BCUT2D eigenvalue weighted by Crippen LogP contribution is 2.40. The number of likely N-dealkylation sites (N-methyl/N-ethyl adjacent to an activating group) is 1. The van der Waals surface area contributed by atoms with Crippen molar-refractivity contribution in [2.75, 3.05) is 27.2 Å². The van der Waals surface area contributed by atoms with Gasteiger partial charge in [0.05, 0.1) is 17.7 Å². The lowest BCUT2D eigenvalue weighted by Crippen LogP contribution is -2.51. The number of hydrogen-bond acceptors (Lipinski definition) is 4. The Balaban J connectivity index is 1.94. The van der Waals surface area contributed by atoms with Crippen molar-refractivity contribution in [1.29, 1.82) is 0 Å². The Morgan fingerprint density at radius 1 is 1.58 bits per heavy atom. The smallest absolute Gasteiger partial charge is 0.227 e. The van der Waals surface area contributed by atoms with Crippen LogP contribution >= 0.6 is 0 Å². The highest BCUT2D eigenvalue weighted by atomic mass is 16.3. The molecule has 5 nitrogen and oxygen atoms in total. The lowest BCUT2D eigenvalue weighted by atomic mass is 9.68. The van der Waals surface area contributed by atoms with Crippen LogP contribution in [0.2, 0.25) is 0 Å². The first-order valence-corrected chi connectivity index (χ1v) is 6.77. The summed E-state index contributed by atoms with van der Waals surface area (Å²) in [5.74, 6) is 0.945. The van der Waals surface area contributed by atoms with Gasteiger partial charge in [-0.15, -0.1) is 0 Å². The maximum atomic E-state index is 12.2. The van der Waals surface area contributed by atoms with Crippen LogP contribution in [0.3, 0.4) is 0 Å². The summed E-state index contributed by atoms with van der Waals surface area (Å²) >= 11 is 0. The van der Waals surface area contributed by atoms with E-state index in [1.54, 1.807) is 6.26 Å². The highest BCUT2D eigenvalue weighted by Gasteiger charge is 2.42. The van der Waals surface area contributed by atoms with E-state index in [1.165, 1.54) is 0 Å². The molecule has 1 atom stereocenters. The van der Waals surface area contributed by atoms with E-state index in [4.69, 9.17) is 10.2 Å². The van der Waals surface area contributed by atoms with Crippen molar-refractivity contribution in [2.45, 2.75) is 25.3 Å². The molecule has 1 fully saturated rings. The van der Waals surface area contributed by atoms with E-state index in [0.29, 0.717) is 13.1 Å². The molecule has 0 bridgehead atoms. The van der Waals surface area contributed by atoms with Gasteiger partial charge >= 0.3 is 0 Å². The second-order valence-corrected chi connectivity index (χ2v) is 5.54. The number of carbonyl (C=O) groups excluding carboxylic acids is 1. The van der Waals surface area contributed by atoms with Crippen LogP contribution in [-0.2, 0) is 4.79 Å². The minimum atomic E-state index is -0.319. The molecule has 106 valence electrons. The average molecular weight is 265 g/mol. The number of nitrogens with two attached hydrogens (primary N) is 1. The van der Waals surface area contributed by atoms with E-state index in [1.807, 2.05) is 31.1 Å². The Labute approximate surface area is 114 Å². The summed E-state index contributed by atoms with van der Waals surface area (Å²) in [5, 5.41) is 3.03. The van der Waals surface area contributed by atoms with Crippen molar-refractivity contribution < 1.29 is 9.21 Å². The van der Waals surface area contributed by atoms with Gasteiger partial charge in [-0.05, 0) is 39.1 Å². The fourth-order valence-corrected chi connectivity index (χ4v) is 2.52. The van der Waals surface area contributed by atoms with Crippen molar-refractivity contribution in [3.05, 3.63) is 24.2 Å². The lowest BCUT2D eigenvalue weighted by Gasteiger charge is -2.39. The summed E-state index contributed by atoms with van der Waals surface area (Å²) in [7, 11) is 3.95. The van der Waals surface area contributed by atoms with Crippen molar-refractivity contribution in [3.8, 4) is 0 Å². The average Bonchev–Trinajstić information content (AvgIpc) is 2.81. The largest absolute Gasteiger partial charge is 0.468 e. The van der Waals surface area contributed by atoms with Crippen LogP contribution in [-0.4, -0.2) is 38.0 Å². The van der Waals surface area contributed by atoms with E-state index < -0.39 is 0 Å². The van der Waals surface area contributed by atoms with Gasteiger partial charge in [0.1, 0.15) is 5.76 Å². The maximum Gasteiger partial charge on any atom is 0.227 e. The van der Waals surface area contributed by atoms with Crippen molar-refractivity contribution in [3.63, 3.8) is 0 Å². The van der Waals surface area contributed by atoms with Crippen LogP contribution in [0.4, 0.5) is 0 Å². The van der Waals surface area contributed by atoms with Gasteiger partial charge in [0, 0.05) is 13.1 Å². The second kappa shape index (κ2) is 5.75. The predicted octanol–water partition coefficient (Wildman–Crippen LogP) is 1.13. The first kappa shape index (κ1) is 14.1. The Bertz CT molecular complexity index is 405. The molecule has 0 saturated heterocycles. The number of carbonyl (C=O) groups is 1. The van der Waals surface area contributed by atoms with Crippen LogP contribution in [0, 0.1) is 5.41 Å². The number of furan rings is 1. The van der Waals surface area contributed by atoms with E-state index in [2.05, 4.69) is 5.32 Å². The van der Waals surface area contributed by atoms with Crippen molar-refractivity contribution in [2.24, 2.45) is 11.1 Å². The number of nitrogens with zero attached hydrogens (tertiary/aromatic N) is 1. The fourth-order valence-electron chi connectivity index (χ4n) is 2.52. The Morgan fingerprint density at radius 2 is 2.32 bits per heavy atom. The molecular weight excluding hydrogens is 242 g/mol. The number of hydrogen-bond donors (Lipinski definition) is 2. The van der Waals surface area contributed by atoms with Crippen LogP contribution < -0.4 is 11.1 Å². The molecule has 5 heteroatoms. The zero-order valence-electron chi connectivity index (χ0n) is 11.7. The summed E-state index contributed by atoms with van der Waals surface area (Å²) in [6.45, 7) is 0.979. The molecule has 0 spiro atoms. The maximum absolute atomic E-state index is 12.2. The zero-order chi connectivity index (χ0) is 13.9. The summed E-state index contributed by atoms with van der Waals surface area (Å²) in [4.78, 5) is 14.3. The third-order valence-corrected chi connectivity index (χ3v) is 4.13.